The summed E-state index contributed by atoms with van der Waals surface area (Å²) in [6, 6.07) is 9.19. The standard InChI is InChI=1S/C26H26ClFN2O/c1-15-9-17(11-18(27)10-15)20-12-21-24(13-23(20)28)29-14-22(26(31)16-7-8-16)25(21)30-19-5-3-2-4-6-19/h9-14,16,19H,2-8H2,1H3,(H,29,30). The van der Waals surface area contributed by atoms with E-state index in [1.807, 2.05) is 25.1 Å². The van der Waals surface area contributed by atoms with E-state index in [-0.39, 0.29) is 17.5 Å². The molecule has 1 heterocycles. The number of nitrogens with zero attached hydrogens (tertiary/aromatic N) is 1. The van der Waals surface area contributed by atoms with E-state index in [9.17, 15) is 4.79 Å². The largest absolute Gasteiger partial charge is 0.381 e. The summed E-state index contributed by atoms with van der Waals surface area (Å²) in [5.41, 5.74) is 4.19. The summed E-state index contributed by atoms with van der Waals surface area (Å²) in [5.74, 6) is -0.0922. The number of hydrogen-bond donors (Lipinski definition) is 1. The normalized spacial score (nSPS) is 17.1. The predicted molar refractivity (Wildman–Crippen MR) is 124 cm³/mol. The van der Waals surface area contributed by atoms with Crippen molar-refractivity contribution in [3.05, 3.63) is 58.5 Å². The number of carbonyl (C=O) groups excluding carboxylic acids is 1. The number of benzene rings is 2. The second-order valence-corrected chi connectivity index (χ2v) is 9.47. The van der Waals surface area contributed by atoms with Gasteiger partial charge in [0.05, 0.1) is 16.8 Å². The average molecular weight is 437 g/mol. The molecule has 0 saturated heterocycles. The van der Waals surface area contributed by atoms with Crippen molar-refractivity contribution < 1.29 is 9.18 Å². The van der Waals surface area contributed by atoms with Crippen molar-refractivity contribution >= 4 is 34.0 Å². The number of fused-ring (bicyclic) bond motifs is 1. The fourth-order valence-electron chi connectivity index (χ4n) is 4.69. The minimum Gasteiger partial charge on any atom is -0.381 e. The number of aryl methyl sites for hydroxylation is 1. The minimum atomic E-state index is -0.341. The van der Waals surface area contributed by atoms with Gasteiger partial charge in [-0.3, -0.25) is 9.78 Å². The number of aromatic nitrogens is 1. The Morgan fingerprint density at radius 2 is 1.84 bits per heavy atom. The SMILES string of the molecule is Cc1cc(Cl)cc(-c2cc3c(NC4CCCCC4)c(C(=O)C4CC4)cnc3cc2F)c1. The highest BCUT2D eigenvalue weighted by Gasteiger charge is 2.33. The van der Waals surface area contributed by atoms with Crippen LogP contribution in [-0.2, 0) is 0 Å². The Morgan fingerprint density at radius 1 is 1.06 bits per heavy atom. The predicted octanol–water partition coefficient (Wildman–Crippen LogP) is 7.34. The van der Waals surface area contributed by atoms with Crippen LogP contribution in [0.1, 0.15) is 60.9 Å². The number of anilines is 1. The minimum absolute atomic E-state index is 0.0988. The third-order valence-electron chi connectivity index (χ3n) is 6.48. The maximum atomic E-state index is 15.1. The zero-order chi connectivity index (χ0) is 21.5. The molecule has 2 saturated carbocycles. The Bertz CT molecular complexity index is 1150. The fourth-order valence-corrected chi connectivity index (χ4v) is 4.98. The summed E-state index contributed by atoms with van der Waals surface area (Å²) >= 11 is 6.25. The molecule has 0 unspecified atom stereocenters. The van der Waals surface area contributed by atoms with Gasteiger partial charge in [0.15, 0.2) is 5.78 Å². The number of pyridine rings is 1. The fraction of sp³-hybridized carbons (Fsp3) is 0.385. The van der Waals surface area contributed by atoms with Crippen LogP contribution in [0.2, 0.25) is 5.02 Å². The van der Waals surface area contributed by atoms with Crippen LogP contribution in [0, 0.1) is 18.7 Å². The quantitative estimate of drug-likeness (QED) is 0.425. The van der Waals surface area contributed by atoms with Gasteiger partial charge >= 0.3 is 0 Å². The van der Waals surface area contributed by atoms with Crippen LogP contribution in [0.15, 0.2) is 36.5 Å². The molecular weight excluding hydrogens is 411 g/mol. The van der Waals surface area contributed by atoms with Crippen LogP contribution in [0.4, 0.5) is 10.1 Å². The van der Waals surface area contributed by atoms with Gasteiger partial charge < -0.3 is 5.32 Å². The second kappa shape index (κ2) is 8.23. The number of ketones is 1. The molecule has 0 bridgehead atoms. The Balaban J connectivity index is 1.68. The lowest BCUT2D eigenvalue weighted by atomic mass is 9.93. The summed E-state index contributed by atoms with van der Waals surface area (Å²) < 4.78 is 15.1. The lowest BCUT2D eigenvalue weighted by molar-refractivity contribution is 0.0968. The van der Waals surface area contributed by atoms with Crippen molar-refractivity contribution in [3.8, 4) is 11.1 Å². The highest BCUT2D eigenvalue weighted by Crippen LogP contribution is 2.39. The Labute approximate surface area is 187 Å². The summed E-state index contributed by atoms with van der Waals surface area (Å²) in [5, 5.41) is 5.04. The van der Waals surface area contributed by atoms with Gasteiger partial charge in [-0.1, -0.05) is 36.9 Å². The van der Waals surface area contributed by atoms with Crippen molar-refractivity contribution in [2.24, 2.45) is 5.92 Å². The molecule has 0 radical (unpaired) electrons. The first-order valence-corrected chi connectivity index (χ1v) is 11.6. The molecule has 2 fully saturated rings. The average Bonchev–Trinajstić information content (AvgIpc) is 3.58. The van der Waals surface area contributed by atoms with Gasteiger partial charge in [0.2, 0.25) is 0 Å². The monoisotopic (exact) mass is 436 g/mol. The summed E-state index contributed by atoms with van der Waals surface area (Å²) in [4.78, 5) is 17.5. The number of hydrogen-bond acceptors (Lipinski definition) is 3. The van der Waals surface area contributed by atoms with Crippen LogP contribution in [0.25, 0.3) is 22.0 Å². The molecule has 160 valence electrons. The van der Waals surface area contributed by atoms with E-state index in [1.165, 1.54) is 25.3 Å². The number of nitrogens with one attached hydrogen (secondary N) is 1. The molecule has 2 aromatic carbocycles. The molecule has 5 rings (SSSR count). The Kier molecular flexibility index (Phi) is 5.43. The molecule has 31 heavy (non-hydrogen) atoms. The van der Waals surface area contributed by atoms with E-state index >= 15 is 4.39 Å². The third-order valence-corrected chi connectivity index (χ3v) is 6.70. The van der Waals surface area contributed by atoms with E-state index in [0.717, 1.165) is 47.9 Å². The second-order valence-electron chi connectivity index (χ2n) is 9.03. The number of rotatable bonds is 5. The highest BCUT2D eigenvalue weighted by atomic mass is 35.5. The van der Waals surface area contributed by atoms with Crippen LogP contribution in [0.3, 0.4) is 0 Å². The lowest BCUT2D eigenvalue weighted by Gasteiger charge is -2.26. The molecule has 0 aliphatic heterocycles. The highest BCUT2D eigenvalue weighted by molar-refractivity contribution is 6.31. The van der Waals surface area contributed by atoms with Gasteiger partial charge in [0.25, 0.3) is 0 Å². The van der Waals surface area contributed by atoms with Crippen molar-refractivity contribution in [2.75, 3.05) is 5.32 Å². The topological polar surface area (TPSA) is 42.0 Å². The molecule has 1 N–H and O–H groups in total. The van der Waals surface area contributed by atoms with Gasteiger partial charge in [-0.05, 0) is 61.9 Å². The summed E-state index contributed by atoms with van der Waals surface area (Å²) in [6.07, 6.45) is 9.32. The van der Waals surface area contributed by atoms with Crippen molar-refractivity contribution in [2.45, 2.75) is 57.9 Å². The van der Waals surface area contributed by atoms with Gasteiger partial charge in [-0.2, -0.15) is 0 Å². The summed E-state index contributed by atoms with van der Waals surface area (Å²) in [7, 11) is 0. The molecule has 1 aromatic heterocycles. The zero-order valence-electron chi connectivity index (χ0n) is 17.7. The van der Waals surface area contributed by atoms with Gasteiger partial charge in [-0.15, -0.1) is 0 Å². The maximum Gasteiger partial charge on any atom is 0.169 e. The maximum absolute atomic E-state index is 15.1. The van der Waals surface area contributed by atoms with Crippen LogP contribution in [0.5, 0.6) is 0 Å². The first-order chi connectivity index (χ1) is 15.0. The number of Topliss-reactive ketones (excluding diaryl/α,β-unsaturated/α-hetero) is 1. The summed E-state index contributed by atoms with van der Waals surface area (Å²) in [6.45, 7) is 1.94. The Morgan fingerprint density at radius 3 is 2.55 bits per heavy atom. The molecule has 0 amide bonds. The Hall–Kier alpha value is -2.46. The van der Waals surface area contributed by atoms with Crippen LogP contribution in [-0.4, -0.2) is 16.8 Å². The first-order valence-electron chi connectivity index (χ1n) is 11.2. The van der Waals surface area contributed by atoms with Gasteiger partial charge in [0, 0.05) is 40.2 Å². The molecule has 0 spiro atoms. The van der Waals surface area contributed by atoms with E-state index in [0.29, 0.717) is 27.7 Å². The van der Waals surface area contributed by atoms with Gasteiger partial charge in [-0.25, -0.2) is 4.39 Å². The van der Waals surface area contributed by atoms with E-state index < -0.39 is 0 Å². The number of halogens is 2. The smallest absolute Gasteiger partial charge is 0.169 e. The van der Waals surface area contributed by atoms with Crippen molar-refractivity contribution in [1.82, 2.24) is 4.98 Å². The lowest BCUT2D eigenvalue weighted by Crippen LogP contribution is -2.24. The molecule has 3 aromatic rings. The third kappa shape index (κ3) is 4.18. The molecular formula is C26H26ClFN2O. The van der Waals surface area contributed by atoms with E-state index in [1.54, 1.807) is 12.3 Å². The van der Waals surface area contributed by atoms with Crippen LogP contribution < -0.4 is 5.32 Å². The molecule has 5 heteroatoms. The zero-order valence-corrected chi connectivity index (χ0v) is 18.4. The molecule has 3 nitrogen and oxygen atoms in total. The van der Waals surface area contributed by atoms with Crippen LogP contribution >= 0.6 is 11.6 Å². The number of carbonyl (C=O) groups is 1. The van der Waals surface area contributed by atoms with E-state index in [2.05, 4.69) is 10.3 Å². The van der Waals surface area contributed by atoms with E-state index in [4.69, 9.17) is 11.6 Å². The van der Waals surface area contributed by atoms with Crippen molar-refractivity contribution in [1.29, 1.82) is 0 Å². The van der Waals surface area contributed by atoms with Crippen molar-refractivity contribution in [3.63, 3.8) is 0 Å². The molecule has 0 atom stereocenters. The molecule has 2 aliphatic rings. The molecule has 2 aliphatic carbocycles. The van der Waals surface area contributed by atoms with Gasteiger partial charge in [0.1, 0.15) is 5.82 Å². The first kappa shape index (κ1) is 20.4.